The molecule has 8 rings (SSSR count). The molecule has 19 nitrogen and oxygen atoms in total. The highest BCUT2D eigenvalue weighted by Crippen LogP contribution is 2.57. The van der Waals surface area contributed by atoms with Crippen LogP contribution in [-0.4, -0.2) is 163 Å². The molecule has 1 saturated carbocycles. The number of fused-ring (bicyclic) bond motifs is 6. The Morgan fingerprint density at radius 3 is 2.06 bits per heavy atom. The molecule has 4 heterocycles. The molecule has 2 saturated heterocycles. The number of aliphatic hydroxyl groups is 5. The summed E-state index contributed by atoms with van der Waals surface area (Å²) >= 11 is 6.01. The number of esters is 2. The van der Waals surface area contributed by atoms with Crippen molar-refractivity contribution in [1.29, 1.82) is 0 Å². The van der Waals surface area contributed by atoms with Gasteiger partial charge in [0.05, 0.1) is 59.3 Å². The number of ether oxygens (including phenoxy) is 7. The standard InChI is InChI=1S/C58H81N3O16S/c1-13-45-57(9,70)50(66)32(6)47(60-54(78)59-33-14-17-37-36(23-33)52(68)77-58(37)38-18-15-34(62)24-43(38)74-44-25-35(63)16-19-39(44)58)28(2)27-55(7,69)46(76-53-48(64)40(61(10)11)22-29(3)72-53)26-42(31(5)51(67)75-45)73-41-20-21-56(8,71-12)49(65)30(41)4/h14-19,23-25,28-32,40-42,45-50,53,62-66,69-70H,13,20-22,26-27H2,1-12H3,(H2,59,60,78)/t28?,29-,30-,31-,32+,40+,41+,42+,45?,46-,47?,48-,49?,50-,53+,55-,56-,57-/m1/s1. The summed E-state index contributed by atoms with van der Waals surface area (Å²) in [6.07, 6.45) is -7.74. The molecule has 0 aromatic heterocycles. The first-order valence-corrected chi connectivity index (χ1v) is 27.6. The second-order valence-electron chi connectivity index (χ2n) is 23.6. The molecule has 3 aromatic rings. The van der Waals surface area contributed by atoms with E-state index >= 15 is 0 Å². The van der Waals surface area contributed by atoms with Gasteiger partial charge >= 0.3 is 11.9 Å². The first-order chi connectivity index (χ1) is 36.6. The molecule has 4 unspecified atom stereocenters. The van der Waals surface area contributed by atoms with Gasteiger partial charge in [0.15, 0.2) is 17.0 Å². The Hall–Kier alpha value is -4.71. The minimum atomic E-state index is -2.02. The predicted molar refractivity (Wildman–Crippen MR) is 291 cm³/mol. The van der Waals surface area contributed by atoms with E-state index in [1.165, 1.54) is 31.2 Å². The number of aromatic hydroxyl groups is 2. The third kappa shape index (κ3) is 11.2. The summed E-state index contributed by atoms with van der Waals surface area (Å²) in [4.78, 5) is 30.5. The zero-order chi connectivity index (χ0) is 57.1. The molecule has 0 radical (unpaired) electrons. The van der Waals surface area contributed by atoms with Gasteiger partial charge in [-0.3, -0.25) is 4.79 Å². The predicted octanol–water partition coefficient (Wildman–Crippen LogP) is 5.97. The summed E-state index contributed by atoms with van der Waals surface area (Å²) in [6, 6.07) is 12.8. The minimum absolute atomic E-state index is 0.0326. The normalized spacial score (nSPS) is 37.9. The molecule has 0 bridgehead atoms. The quantitative estimate of drug-likeness (QED) is 0.0883. The number of rotatable bonds is 9. The van der Waals surface area contributed by atoms with E-state index < -0.39 is 113 Å². The van der Waals surface area contributed by atoms with Gasteiger partial charge in [0.2, 0.25) is 0 Å². The number of aliphatic hydroxyl groups excluding tert-OH is 3. The molecule has 430 valence electrons. The van der Waals surface area contributed by atoms with Crippen LogP contribution in [0.3, 0.4) is 0 Å². The number of cyclic esters (lactones) is 1. The maximum absolute atomic E-state index is 14.6. The van der Waals surface area contributed by atoms with Gasteiger partial charge in [-0.2, -0.15) is 0 Å². The molecular weight excluding hydrogens is 1030 g/mol. The summed E-state index contributed by atoms with van der Waals surface area (Å²) < 4.78 is 44.3. The number of likely N-dealkylation sites (N-methyl/N-ethyl adjacent to an activating group) is 1. The van der Waals surface area contributed by atoms with E-state index in [9.17, 15) is 45.3 Å². The van der Waals surface area contributed by atoms with Gasteiger partial charge in [0, 0.05) is 72.0 Å². The van der Waals surface area contributed by atoms with Crippen LogP contribution in [0.1, 0.15) is 128 Å². The highest BCUT2D eigenvalue weighted by atomic mass is 32.1. The Labute approximate surface area is 462 Å². The Morgan fingerprint density at radius 2 is 1.46 bits per heavy atom. The average Bonchev–Trinajstić information content (AvgIpc) is 3.88. The zero-order valence-electron chi connectivity index (χ0n) is 46.8. The Bertz CT molecular complexity index is 2640. The van der Waals surface area contributed by atoms with Crippen molar-refractivity contribution in [2.45, 2.75) is 190 Å². The van der Waals surface area contributed by atoms with Crippen LogP contribution in [0.5, 0.6) is 23.0 Å². The first-order valence-electron chi connectivity index (χ1n) is 27.2. The van der Waals surface area contributed by atoms with Crippen LogP contribution < -0.4 is 15.4 Å². The molecule has 4 aliphatic heterocycles. The molecule has 0 amide bonds. The molecule has 3 fully saturated rings. The highest BCUT2D eigenvalue weighted by molar-refractivity contribution is 7.80. The molecule has 9 N–H and O–H groups in total. The molecule has 1 spiro atoms. The number of phenolic OH excluding ortho intramolecular Hbond substituents is 2. The first kappa shape index (κ1) is 59.4. The van der Waals surface area contributed by atoms with E-state index in [1.807, 2.05) is 46.7 Å². The maximum atomic E-state index is 14.6. The average molecular weight is 1110 g/mol. The lowest BCUT2D eigenvalue weighted by Gasteiger charge is -2.48. The van der Waals surface area contributed by atoms with Gasteiger partial charge in [0.25, 0.3) is 0 Å². The summed E-state index contributed by atoms with van der Waals surface area (Å²) in [5.41, 5.74) is -4.17. The third-order valence-electron chi connectivity index (χ3n) is 17.7. The van der Waals surface area contributed by atoms with E-state index in [-0.39, 0.29) is 65.1 Å². The number of anilines is 1. The van der Waals surface area contributed by atoms with Crippen LogP contribution in [0, 0.1) is 23.7 Å². The van der Waals surface area contributed by atoms with Gasteiger partial charge in [-0.25, -0.2) is 4.79 Å². The molecular formula is C58H81N3O16S. The van der Waals surface area contributed by atoms with E-state index in [1.54, 1.807) is 65.1 Å². The number of methoxy groups -OCH3 is 1. The second kappa shape index (κ2) is 22.7. The van der Waals surface area contributed by atoms with Gasteiger partial charge < -0.3 is 84.4 Å². The van der Waals surface area contributed by atoms with Crippen LogP contribution in [-0.2, 0) is 38.8 Å². The van der Waals surface area contributed by atoms with Gasteiger partial charge in [0.1, 0.15) is 40.8 Å². The maximum Gasteiger partial charge on any atom is 0.340 e. The number of thiocarbonyl (C=S) groups is 1. The number of hydrogen-bond donors (Lipinski definition) is 9. The number of nitrogens with zero attached hydrogens (tertiary/aromatic N) is 1. The number of carbonyl (C=O) groups is 2. The lowest BCUT2D eigenvalue weighted by molar-refractivity contribution is -0.293. The Morgan fingerprint density at radius 1 is 0.833 bits per heavy atom. The largest absolute Gasteiger partial charge is 0.508 e. The van der Waals surface area contributed by atoms with Crippen molar-refractivity contribution < 1.29 is 78.5 Å². The second-order valence-corrected chi connectivity index (χ2v) is 24.0. The molecule has 1 aliphatic carbocycles. The van der Waals surface area contributed by atoms with Crippen molar-refractivity contribution in [2.75, 3.05) is 26.5 Å². The van der Waals surface area contributed by atoms with Crippen molar-refractivity contribution in [1.82, 2.24) is 10.2 Å². The molecule has 78 heavy (non-hydrogen) atoms. The van der Waals surface area contributed by atoms with Gasteiger partial charge in [-0.15, -0.1) is 0 Å². The van der Waals surface area contributed by atoms with E-state index in [2.05, 4.69) is 10.6 Å². The van der Waals surface area contributed by atoms with Crippen molar-refractivity contribution in [3.05, 3.63) is 76.9 Å². The SMILES string of the molecule is CCC1OC(=O)[C@H](C)[C@@H](O[C@H]2CC[C@@](C)(OC)C(O)[C@@H]2C)C[C@@H](O[C@@H]2O[C@H](C)C[C@H](N(C)C)[C@H]2O)[C@](C)(O)CC(C)C(NC(=S)Nc2ccc3c(c2)C(=O)OC32c3ccc(O)cc3Oc3cc(O)ccc32)[C@H](C)[C@@H](O)[C@]1(C)O. The summed E-state index contributed by atoms with van der Waals surface area (Å²) in [5, 5.41) is 88.5. The fourth-order valence-corrected chi connectivity index (χ4v) is 13.1. The van der Waals surface area contributed by atoms with E-state index in [0.717, 1.165) is 0 Å². The molecule has 3 aromatic carbocycles. The van der Waals surface area contributed by atoms with Crippen molar-refractivity contribution in [3.8, 4) is 23.0 Å². The Kier molecular flexibility index (Phi) is 17.3. The van der Waals surface area contributed by atoms with Crippen LogP contribution in [0.25, 0.3) is 0 Å². The monoisotopic (exact) mass is 1110 g/mol. The van der Waals surface area contributed by atoms with Crippen LogP contribution in [0.4, 0.5) is 5.69 Å². The summed E-state index contributed by atoms with van der Waals surface area (Å²) in [7, 11) is 5.27. The van der Waals surface area contributed by atoms with Crippen LogP contribution in [0.15, 0.2) is 54.6 Å². The smallest absolute Gasteiger partial charge is 0.340 e. The summed E-state index contributed by atoms with van der Waals surface area (Å²) in [5.74, 6) is -4.02. The van der Waals surface area contributed by atoms with Crippen LogP contribution in [0.2, 0.25) is 0 Å². The zero-order valence-corrected chi connectivity index (χ0v) is 47.6. The fourth-order valence-electron chi connectivity index (χ4n) is 12.8. The number of phenols is 2. The molecule has 18 atom stereocenters. The third-order valence-corrected chi connectivity index (χ3v) is 17.9. The van der Waals surface area contributed by atoms with Crippen molar-refractivity contribution in [3.63, 3.8) is 0 Å². The fraction of sp³-hybridized carbons (Fsp3) is 0.638. The van der Waals surface area contributed by atoms with E-state index in [0.29, 0.717) is 41.6 Å². The van der Waals surface area contributed by atoms with E-state index in [4.69, 9.17) is 45.4 Å². The summed E-state index contributed by atoms with van der Waals surface area (Å²) in [6.45, 7) is 15.6. The van der Waals surface area contributed by atoms with Crippen LogP contribution >= 0.6 is 12.2 Å². The number of nitrogens with one attached hydrogen (secondary N) is 2. The number of carbonyl (C=O) groups excluding carboxylic acids is 2. The number of benzene rings is 3. The van der Waals surface area contributed by atoms with Crippen molar-refractivity contribution >= 4 is 35.0 Å². The van der Waals surface area contributed by atoms with Gasteiger partial charge in [-0.1, -0.05) is 33.8 Å². The van der Waals surface area contributed by atoms with Gasteiger partial charge in [-0.05, 0) is 135 Å². The highest BCUT2D eigenvalue weighted by Gasteiger charge is 2.55. The molecule has 20 heteroatoms. The van der Waals surface area contributed by atoms with Crippen molar-refractivity contribution in [2.24, 2.45) is 23.7 Å². The Balaban J connectivity index is 1.13. The topological polar surface area (TPSA) is 268 Å². The molecule has 5 aliphatic rings. The lowest BCUT2D eigenvalue weighted by atomic mass is 9.73. The lowest BCUT2D eigenvalue weighted by Crippen LogP contribution is -2.61. The minimum Gasteiger partial charge on any atom is -0.508 e. The number of hydrogen-bond acceptors (Lipinski definition) is 18.